The third-order valence-corrected chi connectivity index (χ3v) is 7.83. The zero-order valence-corrected chi connectivity index (χ0v) is 22.2. The van der Waals surface area contributed by atoms with Gasteiger partial charge in [0.15, 0.2) is 5.11 Å². The maximum atomic E-state index is 12.9. The molecule has 3 heterocycles. The molecule has 3 N–H and O–H groups in total. The summed E-state index contributed by atoms with van der Waals surface area (Å²) in [5, 5.41) is 7.18. The van der Waals surface area contributed by atoms with Crippen molar-refractivity contribution in [3.8, 4) is 0 Å². The largest absolute Gasteiger partial charge is 0.362 e. The molecule has 0 saturated carbocycles. The van der Waals surface area contributed by atoms with Crippen molar-refractivity contribution in [1.29, 1.82) is 0 Å². The van der Waals surface area contributed by atoms with E-state index in [1.165, 1.54) is 9.13 Å². The monoisotopic (exact) mass is 573 g/mol. The first-order valence-electron chi connectivity index (χ1n) is 11.0. The molecule has 0 unspecified atom stereocenters. The van der Waals surface area contributed by atoms with Crippen LogP contribution in [0.2, 0.25) is 0 Å². The van der Waals surface area contributed by atoms with Crippen LogP contribution in [0.1, 0.15) is 52.3 Å². The Balaban J connectivity index is 1.59. The Morgan fingerprint density at radius 3 is 2.64 bits per heavy atom. The molecule has 6 nitrogen and oxygen atoms in total. The van der Waals surface area contributed by atoms with Crippen LogP contribution in [0.15, 0.2) is 42.6 Å². The number of thiocarbonyl (C=S) groups is 1. The van der Waals surface area contributed by atoms with Crippen molar-refractivity contribution in [2.24, 2.45) is 0 Å². The summed E-state index contributed by atoms with van der Waals surface area (Å²) < 4.78 is 1.19. The number of aryl methyl sites for hydroxylation is 4. The number of nitrogens with zero attached hydrogens (tertiary/aromatic N) is 2. The number of amides is 1. The summed E-state index contributed by atoms with van der Waals surface area (Å²) in [4.78, 5) is 23.0. The van der Waals surface area contributed by atoms with Crippen molar-refractivity contribution in [3.05, 3.63) is 79.9 Å². The third kappa shape index (κ3) is 4.91. The minimum absolute atomic E-state index is 0.0248. The summed E-state index contributed by atoms with van der Waals surface area (Å²) in [6.07, 6.45) is 2.14. The van der Waals surface area contributed by atoms with Gasteiger partial charge in [0.1, 0.15) is 0 Å². The lowest BCUT2D eigenvalue weighted by atomic mass is 9.96. The van der Waals surface area contributed by atoms with Gasteiger partial charge in [-0.3, -0.25) is 9.78 Å². The topological polar surface area (TPSA) is 73.1 Å². The molecule has 1 saturated heterocycles. The maximum absolute atomic E-state index is 12.9. The summed E-state index contributed by atoms with van der Waals surface area (Å²) >= 11 is 8.15. The van der Waals surface area contributed by atoms with Crippen molar-refractivity contribution in [1.82, 2.24) is 20.2 Å². The third-order valence-electron chi connectivity index (χ3n) is 6.09. The number of pyridine rings is 1. The van der Waals surface area contributed by atoms with Gasteiger partial charge >= 0.3 is 0 Å². The minimum atomic E-state index is -0.0943. The highest BCUT2D eigenvalue weighted by atomic mass is 127. The van der Waals surface area contributed by atoms with Crippen molar-refractivity contribution in [2.45, 2.75) is 46.2 Å². The van der Waals surface area contributed by atoms with E-state index in [1.807, 2.05) is 50.2 Å². The van der Waals surface area contributed by atoms with Crippen LogP contribution < -0.4 is 10.6 Å². The second-order valence-corrected chi connectivity index (χ2v) is 10.0. The molecule has 172 valence electrons. The van der Waals surface area contributed by atoms with E-state index in [2.05, 4.69) is 61.9 Å². The Kier molecular flexibility index (Phi) is 7.04. The average molecular weight is 574 g/mol. The molecule has 0 bridgehead atoms. The number of halogens is 1. The number of nitrogens with one attached hydrogen (secondary N) is 3. The summed E-state index contributed by atoms with van der Waals surface area (Å²) in [6, 6.07) is 11.8. The molecule has 33 heavy (non-hydrogen) atoms. The van der Waals surface area contributed by atoms with Crippen molar-refractivity contribution in [2.75, 3.05) is 11.9 Å². The van der Waals surface area contributed by atoms with Gasteiger partial charge in [0.2, 0.25) is 5.91 Å². The Morgan fingerprint density at radius 2 is 1.97 bits per heavy atom. The van der Waals surface area contributed by atoms with E-state index in [4.69, 9.17) is 12.2 Å². The van der Waals surface area contributed by atoms with Crippen molar-refractivity contribution in [3.63, 3.8) is 0 Å². The fourth-order valence-corrected chi connectivity index (χ4v) is 5.58. The van der Waals surface area contributed by atoms with Gasteiger partial charge in [-0.25, -0.2) is 0 Å². The first kappa shape index (κ1) is 23.7. The standard InChI is InChI=1S/C25H28IN5OS/c1-14-8-9-15(2)19(13-14)29-20(32)10-12-31-24(21-16(3)28-17(4)22(21)26)23(30-25(31)33)18-7-5-6-11-27-18/h5-9,11,13,23-24,28H,10,12H2,1-4H3,(H,29,32)(H,30,33)/t23-,24+/m1/s1. The van der Waals surface area contributed by atoms with E-state index in [0.717, 1.165) is 33.9 Å². The van der Waals surface area contributed by atoms with Gasteiger partial charge in [-0.15, -0.1) is 0 Å². The molecular weight excluding hydrogens is 545 g/mol. The van der Waals surface area contributed by atoms with Crippen molar-refractivity contribution >= 4 is 51.5 Å². The van der Waals surface area contributed by atoms with Gasteiger partial charge < -0.3 is 20.5 Å². The van der Waals surface area contributed by atoms with Gasteiger partial charge in [0, 0.05) is 45.4 Å². The van der Waals surface area contributed by atoms with Crippen LogP contribution in [0.25, 0.3) is 0 Å². The zero-order valence-electron chi connectivity index (χ0n) is 19.2. The summed E-state index contributed by atoms with van der Waals surface area (Å²) in [5.74, 6) is -0.0248. The number of benzene rings is 1. The van der Waals surface area contributed by atoms with E-state index in [0.29, 0.717) is 18.1 Å². The van der Waals surface area contributed by atoms with Gasteiger partial charge in [0.05, 0.1) is 17.8 Å². The molecule has 1 fully saturated rings. The van der Waals surface area contributed by atoms with Crippen LogP contribution in [0.3, 0.4) is 0 Å². The normalized spacial score (nSPS) is 17.8. The van der Waals surface area contributed by atoms with Crippen LogP contribution in [0.4, 0.5) is 5.69 Å². The Morgan fingerprint density at radius 1 is 1.18 bits per heavy atom. The highest BCUT2D eigenvalue weighted by Gasteiger charge is 2.42. The number of H-pyrrole nitrogens is 1. The molecule has 4 rings (SSSR count). The highest BCUT2D eigenvalue weighted by Crippen LogP contribution is 2.42. The molecule has 1 aromatic carbocycles. The average Bonchev–Trinajstić information content (AvgIpc) is 3.23. The highest BCUT2D eigenvalue weighted by molar-refractivity contribution is 14.1. The van der Waals surface area contributed by atoms with E-state index >= 15 is 0 Å². The summed E-state index contributed by atoms with van der Waals surface area (Å²) in [6.45, 7) is 8.70. The fourth-order valence-electron chi connectivity index (χ4n) is 4.39. The van der Waals surface area contributed by atoms with E-state index in [9.17, 15) is 4.79 Å². The van der Waals surface area contributed by atoms with E-state index < -0.39 is 0 Å². The van der Waals surface area contributed by atoms with Crippen LogP contribution in [-0.4, -0.2) is 32.4 Å². The van der Waals surface area contributed by atoms with Crippen LogP contribution in [-0.2, 0) is 4.79 Å². The zero-order chi connectivity index (χ0) is 23.7. The number of aromatic amines is 1. The number of anilines is 1. The lowest BCUT2D eigenvalue weighted by Gasteiger charge is -2.28. The quantitative estimate of drug-likeness (QED) is 0.278. The van der Waals surface area contributed by atoms with Gasteiger partial charge in [-0.2, -0.15) is 0 Å². The molecule has 2 atom stereocenters. The fraction of sp³-hybridized carbons (Fsp3) is 0.320. The molecule has 1 aliphatic rings. The van der Waals surface area contributed by atoms with E-state index in [-0.39, 0.29) is 18.0 Å². The lowest BCUT2D eigenvalue weighted by Crippen LogP contribution is -2.33. The SMILES string of the molecule is Cc1ccc(C)c(NC(=O)CCN2C(=S)N[C@H](c3ccccn3)[C@@H]2c2c(C)[nH]c(C)c2I)c1. The van der Waals surface area contributed by atoms with Crippen LogP contribution in [0.5, 0.6) is 0 Å². The molecular formula is C25H28IN5OS. The second kappa shape index (κ2) is 9.80. The molecule has 8 heteroatoms. The number of aromatic nitrogens is 2. The van der Waals surface area contributed by atoms with Gasteiger partial charge in [-0.05, 0) is 91.8 Å². The summed E-state index contributed by atoms with van der Waals surface area (Å²) in [7, 11) is 0. The van der Waals surface area contributed by atoms with Crippen molar-refractivity contribution < 1.29 is 4.79 Å². The Bertz CT molecular complexity index is 1190. The first-order valence-corrected chi connectivity index (χ1v) is 12.4. The number of hydrogen-bond acceptors (Lipinski definition) is 3. The smallest absolute Gasteiger partial charge is 0.226 e. The molecule has 0 radical (unpaired) electrons. The molecule has 0 aliphatic carbocycles. The molecule has 1 amide bonds. The lowest BCUT2D eigenvalue weighted by molar-refractivity contribution is -0.116. The predicted molar refractivity (Wildman–Crippen MR) is 144 cm³/mol. The Labute approximate surface area is 213 Å². The van der Waals surface area contributed by atoms with Gasteiger partial charge in [0.25, 0.3) is 0 Å². The van der Waals surface area contributed by atoms with Crippen LogP contribution >= 0.6 is 34.8 Å². The molecule has 0 spiro atoms. The molecule has 1 aliphatic heterocycles. The second-order valence-electron chi connectivity index (χ2n) is 8.54. The number of carbonyl (C=O) groups excluding carboxylic acids is 1. The van der Waals surface area contributed by atoms with E-state index in [1.54, 1.807) is 6.20 Å². The molecule has 2 aromatic heterocycles. The predicted octanol–water partition coefficient (Wildman–Crippen LogP) is 5.25. The molecule has 3 aromatic rings. The van der Waals surface area contributed by atoms with Gasteiger partial charge in [-0.1, -0.05) is 18.2 Å². The minimum Gasteiger partial charge on any atom is -0.362 e. The first-order chi connectivity index (χ1) is 15.8. The number of rotatable bonds is 6. The summed E-state index contributed by atoms with van der Waals surface area (Å²) in [5.41, 5.74) is 7.40. The maximum Gasteiger partial charge on any atom is 0.226 e. The van der Waals surface area contributed by atoms with Crippen LogP contribution in [0, 0.1) is 31.3 Å². The number of hydrogen-bond donors (Lipinski definition) is 3. The Hall–Kier alpha value is -2.46. The number of carbonyl (C=O) groups is 1.